The van der Waals surface area contributed by atoms with Crippen LogP contribution in [0, 0.1) is 11.8 Å². The van der Waals surface area contributed by atoms with Gasteiger partial charge in [-0.2, -0.15) is 0 Å². The highest BCUT2D eigenvalue weighted by Gasteiger charge is 2.29. The van der Waals surface area contributed by atoms with Gasteiger partial charge in [0.2, 0.25) is 5.91 Å². The molecule has 2 unspecified atom stereocenters. The SMILES string of the molecule is CC(C)C[C@@H](CN1CCCC(NC(=O)[C@@H](N)CC(C)C)C(O)C1)NC(=O)OCc1ccccc1. The number of nitrogens with two attached hydrogens (primary N) is 1. The second-order valence-electron chi connectivity index (χ2n) is 10.4. The highest BCUT2D eigenvalue weighted by molar-refractivity contribution is 5.81. The van der Waals surface area contributed by atoms with E-state index in [1.807, 2.05) is 44.2 Å². The summed E-state index contributed by atoms with van der Waals surface area (Å²) in [6, 6.07) is 8.61. The minimum Gasteiger partial charge on any atom is -0.445 e. The molecule has 1 aromatic carbocycles. The molecule has 1 fully saturated rings. The number of amides is 2. The van der Waals surface area contributed by atoms with Gasteiger partial charge in [-0.25, -0.2) is 4.79 Å². The van der Waals surface area contributed by atoms with Gasteiger partial charge in [-0.3, -0.25) is 9.69 Å². The van der Waals surface area contributed by atoms with Crippen molar-refractivity contribution < 1.29 is 19.4 Å². The number of aliphatic hydroxyl groups is 1. The van der Waals surface area contributed by atoms with Crippen molar-refractivity contribution in [3.63, 3.8) is 0 Å². The minimum atomic E-state index is -0.692. The van der Waals surface area contributed by atoms with E-state index in [9.17, 15) is 14.7 Å². The molecule has 0 saturated carbocycles. The van der Waals surface area contributed by atoms with E-state index in [0.717, 1.165) is 24.9 Å². The van der Waals surface area contributed by atoms with E-state index in [1.165, 1.54) is 0 Å². The normalized spacial score (nSPS) is 21.1. The molecule has 0 spiro atoms. The van der Waals surface area contributed by atoms with E-state index in [4.69, 9.17) is 10.5 Å². The Hall–Kier alpha value is -2.16. The van der Waals surface area contributed by atoms with E-state index >= 15 is 0 Å². The average molecular weight is 477 g/mol. The number of β-amino-alcohol motifs (C(OH)–C–C–N with tert-alkyl or cyclic N) is 1. The van der Waals surface area contributed by atoms with Crippen LogP contribution in [0.15, 0.2) is 30.3 Å². The molecular weight excluding hydrogens is 432 g/mol. The molecule has 8 nitrogen and oxygen atoms in total. The van der Waals surface area contributed by atoms with Crippen molar-refractivity contribution in [3.8, 4) is 0 Å². The third-order valence-corrected chi connectivity index (χ3v) is 6.06. The highest BCUT2D eigenvalue weighted by atomic mass is 16.5. The summed E-state index contributed by atoms with van der Waals surface area (Å²) in [5, 5.41) is 16.8. The van der Waals surface area contributed by atoms with Crippen molar-refractivity contribution >= 4 is 12.0 Å². The first kappa shape index (κ1) is 28.1. The third-order valence-electron chi connectivity index (χ3n) is 6.06. The van der Waals surface area contributed by atoms with Crippen molar-refractivity contribution in [3.05, 3.63) is 35.9 Å². The number of aliphatic hydroxyl groups excluding tert-OH is 1. The number of hydrogen-bond donors (Lipinski definition) is 4. The number of alkyl carbamates (subject to hydrolysis) is 1. The van der Waals surface area contributed by atoms with E-state index in [1.54, 1.807) is 0 Å². The Balaban J connectivity index is 1.88. The maximum absolute atomic E-state index is 12.4. The van der Waals surface area contributed by atoms with Crippen LogP contribution in [-0.4, -0.2) is 65.9 Å². The Morgan fingerprint density at radius 2 is 1.82 bits per heavy atom. The van der Waals surface area contributed by atoms with Crippen LogP contribution in [0.5, 0.6) is 0 Å². The maximum Gasteiger partial charge on any atom is 0.407 e. The first-order chi connectivity index (χ1) is 16.1. The van der Waals surface area contributed by atoms with Crippen LogP contribution in [0.25, 0.3) is 0 Å². The Kier molecular flexibility index (Phi) is 11.8. The molecule has 0 bridgehead atoms. The van der Waals surface area contributed by atoms with Crippen LogP contribution >= 0.6 is 0 Å². The van der Waals surface area contributed by atoms with Gasteiger partial charge in [0.15, 0.2) is 0 Å². The van der Waals surface area contributed by atoms with Gasteiger partial charge in [0.05, 0.1) is 18.2 Å². The summed E-state index contributed by atoms with van der Waals surface area (Å²) in [5.74, 6) is 0.526. The molecule has 4 atom stereocenters. The van der Waals surface area contributed by atoms with Gasteiger partial charge in [0, 0.05) is 19.1 Å². The first-order valence-electron chi connectivity index (χ1n) is 12.6. The summed E-state index contributed by atoms with van der Waals surface area (Å²) >= 11 is 0. The number of nitrogens with one attached hydrogen (secondary N) is 2. The van der Waals surface area contributed by atoms with Crippen molar-refractivity contribution in [2.75, 3.05) is 19.6 Å². The van der Waals surface area contributed by atoms with Crippen molar-refractivity contribution in [1.29, 1.82) is 0 Å². The fraction of sp³-hybridized carbons (Fsp3) is 0.692. The zero-order chi connectivity index (χ0) is 25.1. The monoisotopic (exact) mass is 476 g/mol. The fourth-order valence-electron chi connectivity index (χ4n) is 4.44. The molecule has 1 aliphatic rings. The van der Waals surface area contributed by atoms with Gasteiger partial charge < -0.3 is 26.2 Å². The second-order valence-corrected chi connectivity index (χ2v) is 10.4. The van der Waals surface area contributed by atoms with Crippen LogP contribution < -0.4 is 16.4 Å². The van der Waals surface area contributed by atoms with E-state index < -0.39 is 18.2 Å². The maximum atomic E-state index is 12.4. The zero-order valence-electron chi connectivity index (χ0n) is 21.2. The number of ether oxygens (including phenoxy) is 1. The molecule has 0 aliphatic carbocycles. The number of hydrogen-bond acceptors (Lipinski definition) is 6. The molecule has 192 valence electrons. The third kappa shape index (κ3) is 10.4. The van der Waals surface area contributed by atoms with Gasteiger partial charge in [0.25, 0.3) is 0 Å². The van der Waals surface area contributed by atoms with Gasteiger partial charge in [0.1, 0.15) is 6.61 Å². The lowest BCUT2D eigenvalue weighted by Gasteiger charge is -2.30. The lowest BCUT2D eigenvalue weighted by atomic mass is 10.0. The predicted molar refractivity (Wildman–Crippen MR) is 134 cm³/mol. The molecule has 5 N–H and O–H groups in total. The number of carbonyl (C=O) groups is 2. The first-order valence-corrected chi connectivity index (χ1v) is 12.6. The van der Waals surface area contributed by atoms with Gasteiger partial charge in [-0.05, 0) is 49.6 Å². The second kappa shape index (κ2) is 14.3. The van der Waals surface area contributed by atoms with Crippen LogP contribution in [0.4, 0.5) is 4.79 Å². The summed E-state index contributed by atoms with van der Waals surface area (Å²) in [6.45, 7) is 10.4. The predicted octanol–water partition coefficient (Wildman–Crippen LogP) is 2.64. The number of carbonyl (C=O) groups excluding carboxylic acids is 2. The molecule has 8 heteroatoms. The fourth-order valence-corrected chi connectivity index (χ4v) is 4.44. The molecular formula is C26H44N4O4. The Bertz CT molecular complexity index is 744. The number of rotatable bonds is 11. The Morgan fingerprint density at radius 3 is 2.47 bits per heavy atom. The zero-order valence-corrected chi connectivity index (χ0v) is 21.2. The molecule has 1 aromatic rings. The lowest BCUT2D eigenvalue weighted by molar-refractivity contribution is -0.124. The summed E-state index contributed by atoms with van der Waals surface area (Å²) < 4.78 is 5.41. The summed E-state index contributed by atoms with van der Waals surface area (Å²) in [5.41, 5.74) is 6.95. The molecule has 1 aliphatic heterocycles. The average Bonchev–Trinajstić information content (AvgIpc) is 2.92. The van der Waals surface area contributed by atoms with E-state index in [0.29, 0.717) is 37.8 Å². The molecule has 34 heavy (non-hydrogen) atoms. The van der Waals surface area contributed by atoms with Crippen LogP contribution in [0.1, 0.15) is 58.9 Å². The van der Waals surface area contributed by atoms with Crippen molar-refractivity contribution in [1.82, 2.24) is 15.5 Å². The van der Waals surface area contributed by atoms with Gasteiger partial charge in [-0.1, -0.05) is 58.0 Å². The molecule has 1 heterocycles. The Labute approximate surface area is 204 Å². The molecule has 2 amide bonds. The van der Waals surface area contributed by atoms with Crippen molar-refractivity contribution in [2.45, 2.75) is 84.2 Å². The molecule has 1 saturated heterocycles. The van der Waals surface area contributed by atoms with E-state index in [-0.39, 0.29) is 24.6 Å². The van der Waals surface area contributed by atoms with Gasteiger partial charge in [-0.15, -0.1) is 0 Å². The number of nitrogens with zero attached hydrogens (tertiary/aromatic N) is 1. The van der Waals surface area contributed by atoms with Crippen molar-refractivity contribution in [2.24, 2.45) is 17.6 Å². The summed E-state index contributed by atoms with van der Waals surface area (Å²) in [6.07, 6.45) is 1.82. The molecule has 0 aromatic heterocycles. The summed E-state index contributed by atoms with van der Waals surface area (Å²) in [4.78, 5) is 27.0. The highest BCUT2D eigenvalue weighted by Crippen LogP contribution is 2.15. The summed E-state index contributed by atoms with van der Waals surface area (Å²) in [7, 11) is 0. The van der Waals surface area contributed by atoms with Crippen LogP contribution in [0.2, 0.25) is 0 Å². The standard InChI is InChI=1S/C26H44N4O4/c1-18(2)13-21(28-26(33)34-17-20-9-6-5-7-10-20)15-30-12-8-11-23(24(31)16-30)29-25(32)22(27)14-19(3)4/h5-7,9-10,18-19,21-24,31H,8,11-17,27H2,1-4H3,(H,28,33)(H,29,32)/t21-,22-,23?,24?/m0/s1. The lowest BCUT2D eigenvalue weighted by Crippen LogP contribution is -2.52. The van der Waals surface area contributed by atoms with Gasteiger partial charge >= 0.3 is 6.09 Å². The number of likely N-dealkylation sites (tertiary alicyclic amines) is 1. The topological polar surface area (TPSA) is 117 Å². The molecule has 0 radical (unpaired) electrons. The number of benzene rings is 1. The van der Waals surface area contributed by atoms with Crippen LogP contribution in [-0.2, 0) is 16.1 Å². The van der Waals surface area contributed by atoms with E-state index in [2.05, 4.69) is 29.4 Å². The van der Waals surface area contributed by atoms with Crippen LogP contribution in [0.3, 0.4) is 0 Å². The smallest absolute Gasteiger partial charge is 0.407 e. The Morgan fingerprint density at radius 1 is 1.15 bits per heavy atom. The minimum absolute atomic E-state index is 0.0962. The quantitative estimate of drug-likeness (QED) is 0.390. The molecule has 2 rings (SSSR count). The largest absolute Gasteiger partial charge is 0.445 e.